The van der Waals surface area contributed by atoms with Crippen LogP contribution in [0.3, 0.4) is 0 Å². The number of nitrogens with zero attached hydrogens (tertiary/aromatic N) is 1. The summed E-state index contributed by atoms with van der Waals surface area (Å²) in [5.74, 6) is 0.505. The molecule has 0 bridgehead atoms. The topological polar surface area (TPSA) is 56.0 Å². The number of hydrogen-bond donors (Lipinski definition) is 2. The summed E-state index contributed by atoms with van der Waals surface area (Å²) in [6, 6.07) is 2.10. The molecule has 0 fully saturated rings. The first-order chi connectivity index (χ1) is 6.48. The van der Waals surface area contributed by atoms with Crippen molar-refractivity contribution in [2.45, 2.75) is 45.6 Å². The fourth-order valence-electron chi connectivity index (χ4n) is 1.60. The highest BCUT2D eigenvalue weighted by atomic mass is 16.3. The number of aliphatic hydroxyl groups is 1. The van der Waals surface area contributed by atoms with Crippen LogP contribution < -0.4 is 5.32 Å². The highest BCUT2D eigenvalue weighted by Gasteiger charge is 2.20. The summed E-state index contributed by atoms with van der Waals surface area (Å²) in [6.45, 7) is 7.47. The van der Waals surface area contributed by atoms with E-state index in [4.69, 9.17) is 5.26 Å². The summed E-state index contributed by atoms with van der Waals surface area (Å²) in [6.07, 6.45) is 2.24. The summed E-state index contributed by atoms with van der Waals surface area (Å²) in [5, 5.41) is 21.4. The highest BCUT2D eigenvalue weighted by Crippen LogP contribution is 2.14. The zero-order chi connectivity index (χ0) is 11.0. The van der Waals surface area contributed by atoms with Crippen molar-refractivity contribution in [3.63, 3.8) is 0 Å². The normalized spacial score (nSPS) is 15.1. The summed E-state index contributed by atoms with van der Waals surface area (Å²) in [4.78, 5) is 0. The van der Waals surface area contributed by atoms with Crippen LogP contribution in [0.25, 0.3) is 0 Å². The van der Waals surface area contributed by atoms with Crippen molar-refractivity contribution in [3.05, 3.63) is 0 Å². The maximum absolute atomic E-state index is 9.91. The zero-order valence-corrected chi connectivity index (χ0v) is 9.51. The van der Waals surface area contributed by atoms with Gasteiger partial charge >= 0.3 is 0 Å². The van der Waals surface area contributed by atoms with Gasteiger partial charge in [0.2, 0.25) is 0 Å². The van der Waals surface area contributed by atoms with Crippen molar-refractivity contribution in [1.29, 1.82) is 5.26 Å². The minimum atomic E-state index is -0.624. The van der Waals surface area contributed by atoms with Crippen LogP contribution in [0.15, 0.2) is 0 Å². The number of hydrogen-bond acceptors (Lipinski definition) is 3. The molecule has 0 aliphatic heterocycles. The molecule has 0 saturated heterocycles. The van der Waals surface area contributed by atoms with E-state index in [9.17, 15) is 5.11 Å². The monoisotopic (exact) mass is 198 g/mol. The van der Waals surface area contributed by atoms with Gasteiger partial charge in [0.25, 0.3) is 0 Å². The Kier molecular flexibility index (Phi) is 6.52. The molecule has 0 amide bonds. The van der Waals surface area contributed by atoms with Gasteiger partial charge in [-0.2, -0.15) is 5.26 Å². The zero-order valence-electron chi connectivity index (χ0n) is 9.51. The standard InChI is InChI=1S/C11H22N2O/c1-10(2)8-11(3,14)9-13-7-5-4-6-12/h10,13-14H,4-5,7-9H2,1-3H3. The second-order valence-electron chi connectivity index (χ2n) is 4.53. The Morgan fingerprint density at radius 1 is 1.50 bits per heavy atom. The summed E-state index contributed by atoms with van der Waals surface area (Å²) >= 11 is 0. The minimum absolute atomic E-state index is 0.505. The molecule has 3 nitrogen and oxygen atoms in total. The molecule has 0 aromatic heterocycles. The van der Waals surface area contributed by atoms with E-state index < -0.39 is 5.60 Å². The molecule has 0 radical (unpaired) electrons. The van der Waals surface area contributed by atoms with Gasteiger partial charge in [-0.15, -0.1) is 0 Å². The lowest BCUT2D eigenvalue weighted by atomic mass is 9.94. The van der Waals surface area contributed by atoms with E-state index in [2.05, 4.69) is 25.2 Å². The van der Waals surface area contributed by atoms with Crippen LogP contribution in [0.1, 0.15) is 40.0 Å². The molecular formula is C11H22N2O. The fourth-order valence-corrected chi connectivity index (χ4v) is 1.60. The lowest BCUT2D eigenvalue weighted by Crippen LogP contribution is -2.39. The molecule has 0 saturated carbocycles. The van der Waals surface area contributed by atoms with E-state index in [1.54, 1.807) is 0 Å². The fraction of sp³-hybridized carbons (Fsp3) is 0.909. The van der Waals surface area contributed by atoms with Crippen molar-refractivity contribution >= 4 is 0 Å². The van der Waals surface area contributed by atoms with Gasteiger partial charge in [-0.3, -0.25) is 0 Å². The van der Waals surface area contributed by atoms with Gasteiger partial charge in [-0.25, -0.2) is 0 Å². The number of nitrogens with one attached hydrogen (secondary N) is 1. The molecular weight excluding hydrogens is 176 g/mol. The van der Waals surface area contributed by atoms with E-state index in [0.717, 1.165) is 19.4 Å². The Labute approximate surface area is 87.1 Å². The van der Waals surface area contributed by atoms with Crippen LogP contribution in [-0.4, -0.2) is 23.8 Å². The third kappa shape index (κ3) is 8.03. The molecule has 0 heterocycles. The van der Waals surface area contributed by atoms with Crippen LogP contribution >= 0.6 is 0 Å². The minimum Gasteiger partial charge on any atom is -0.389 e. The number of rotatable bonds is 7. The molecule has 1 atom stereocenters. The largest absolute Gasteiger partial charge is 0.389 e. The molecule has 0 aliphatic carbocycles. The molecule has 3 heteroatoms. The molecule has 0 spiro atoms. The third-order valence-electron chi connectivity index (χ3n) is 2.00. The van der Waals surface area contributed by atoms with E-state index in [0.29, 0.717) is 18.9 Å². The first-order valence-electron chi connectivity index (χ1n) is 5.28. The molecule has 0 aromatic carbocycles. The maximum atomic E-state index is 9.91. The van der Waals surface area contributed by atoms with Gasteiger partial charge in [-0.05, 0) is 32.2 Å². The average Bonchev–Trinajstić information content (AvgIpc) is 2.01. The third-order valence-corrected chi connectivity index (χ3v) is 2.00. The first kappa shape index (κ1) is 13.4. The van der Waals surface area contributed by atoms with E-state index in [1.165, 1.54) is 0 Å². The summed E-state index contributed by atoms with van der Waals surface area (Å²) in [7, 11) is 0. The molecule has 14 heavy (non-hydrogen) atoms. The molecule has 2 N–H and O–H groups in total. The predicted molar refractivity (Wildman–Crippen MR) is 57.8 cm³/mol. The molecule has 0 aliphatic rings. The van der Waals surface area contributed by atoms with Crippen LogP contribution in [-0.2, 0) is 0 Å². The molecule has 0 rings (SSSR count). The lowest BCUT2D eigenvalue weighted by Gasteiger charge is -2.25. The highest BCUT2D eigenvalue weighted by molar-refractivity contribution is 4.77. The van der Waals surface area contributed by atoms with Gasteiger partial charge in [0.1, 0.15) is 0 Å². The second-order valence-corrected chi connectivity index (χ2v) is 4.53. The van der Waals surface area contributed by atoms with Crippen molar-refractivity contribution in [2.24, 2.45) is 5.92 Å². The van der Waals surface area contributed by atoms with Crippen molar-refractivity contribution in [3.8, 4) is 6.07 Å². The van der Waals surface area contributed by atoms with Crippen molar-refractivity contribution < 1.29 is 5.11 Å². The van der Waals surface area contributed by atoms with Gasteiger partial charge in [0.15, 0.2) is 0 Å². The number of unbranched alkanes of at least 4 members (excludes halogenated alkanes) is 1. The van der Waals surface area contributed by atoms with E-state index in [1.807, 2.05) is 6.92 Å². The Morgan fingerprint density at radius 2 is 2.14 bits per heavy atom. The van der Waals surface area contributed by atoms with E-state index in [-0.39, 0.29) is 0 Å². The lowest BCUT2D eigenvalue weighted by molar-refractivity contribution is 0.0388. The van der Waals surface area contributed by atoms with Gasteiger partial charge < -0.3 is 10.4 Å². The predicted octanol–water partition coefficient (Wildman–Crippen LogP) is 1.68. The Bertz CT molecular complexity index is 182. The molecule has 0 aromatic rings. The molecule has 82 valence electrons. The van der Waals surface area contributed by atoms with Crippen LogP contribution in [0.2, 0.25) is 0 Å². The van der Waals surface area contributed by atoms with E-state index >= 15 is 0 Å². The molecule has 1 unspecified atom stereocenters. The van der Waals surface area contributed by atoms with Crippen LogP contribution in [0.5, 0.6) is 0 Å². The van der Waals surface area contributed by atoms with Crippen molar-refractivity contribution in [1.82, 2.24) is 5.32 Å². The van der Waals surface area contributed by atoms with Crippen LogP contribution in [0, 0.1) is 17.2 Å². The SMILES string of the molecule is CC(C)CC(C)(O)CNCCCC#N. The first-order valence-corrected chi connectivity index (χ1v) is 5.28. The Hall–Kier alpha value is -0.590. The maximum Gasteiger partial charge on any atom is 0.0746 e. The summed E-state index contributed by atoms with van der Waals surface area (Å²) in [5.41, 5.74) is -0.624. The van der Waals surface area contributed by atoms with Crippen LogP contribution in [0.4, 0.5) is 0 Å². The van der Waals surface area contributed by atoms with Gasteiger partial charge in [0, 0.05) is 13.0 Å². The number of nitriles is 1. The second kappa shape index (κ2) is 6.80. The average molecular weight is 198 g/mol. The van der Waals surface area contributed by atoms with Gasteiger partial charge in [-0.1, -0.05) is 13.8 Å². The van der Waals surface area contributed by atoms with Gasteiger partial charge in [0.05, 0.1) is 11.7 Å². The van der Waals surface area contributed by atoms with Crippen molar-refractivity contribution in [2.75, 3.05) is 13.1 Å². The Morgan fingerprint density at radius 3 is 2.64 bits per heavy atom. The Balaban J connectivity index is 3.51. The summed E-state index contributed by atoms with van der Waals surface area (Å²) < 4.78 is 0. The smallest absolute Gasteiger partial charge is 0.0746 e. The quantitative estimate of drug-likeness (QED) is 0.612.